The quantitative estimate of drug-likeness (QED) is 0.725. The van der Waals surface area contributed by atoms with E-state index in [1.54, 1.807) is 12.1 Å². The van der Waals surface area contributed by atoms with Crippen LogP contribution in [-0.2, 0) is 6.42 Å². The fraction of sp³-hybridized carbons (Fsp3) is 0.235. The molecule has 2 aromatic rings. The van der Waals surface area contributed by atoms with Crippen LogP contribution < -0.4 is 9.84 Å². The number of aromatic carboxylic acids is 1. The molecule has 3 nitrogen and oxygen atoms in total. The van der Waals surface area contributed by atoms with Crippen molar-refractivity contribution in [3.05, 3.63) is 65.7 Å². The van der Waals surface area contributed by atoms with Gasteiger partial charge in [-0.15, -0.1) is 0 Å². The minimum atomic E-state index is -1.17. The van der Waals surface area contributed by atoms with E-state index in [2.05, 4.69) is 12.1 Å². The van der Waals surface area contributed by atoms with E-state index in [-0.39, 0.29) is 5.56 Å². The Morgan fingerprint density at radius 3 is 2.30 bits per heavy atom. The van der Waals surface area contributed by atoms with Crippen molar-refractivity contribution in [2.24, 2.45) is 0 Å². The second-order valence-electron chi connectivity index (χ2n) is 4.60. The molecule has 0 N–H and O–H groups in total. The van der Waals surface area contributed by atoms with Crippen molar-refractivity contribution < 1.29 is 14.6 Å². The topological polar surface area (TPSA) is 49.4 Å². The molecule has 0 aromatic heterocycles. The second-order valence-corrected chi connectivity index (χ2v) is 4.60. The molecule has 104 valence electrons. The first-order valence-electron chi connectivity index (χ1n) is 6.74. The van der Waals surface area contributed by atoms with Gasteiger partial charge in [-0.1, -0.05) is 30.3 Å². The molecule has 0 bridgehead atoms. The van der Waals surface area contributed by atoms with Gasteiger partial charge in [0.05, 0.1) is 12.6 Å². The van der Waals surface area contributed by atoms with Crippen LogP contribution in [-0.4, -0.2) is 12.6 Å². The van der Waals surface area contributed by atoms with Gasteiger partial charge in [-0.3, -0.25) is 0 Å². The molecule has 0 atom stereocenters. The highest BCUT2D eigenvalue weighted by atomic mass is 16.5. The molecule has 0 saturated carbocycles. The van der Waals surface area contributed by atoms with Gasteiger partial charge in [-0.25, -0.2) is 0 Å². The molecule has 3 heteroatoms. The number of carboxylic acids is 1. The largest absolute Gasteiger partial charge is 0.545 e. The molecule has 0 amide bonds. The summed E-state index contributed by atoms with van der Waals surface area (Å²) in [5.74, 6) is -0.478. The van der Waals surface area contributed by atoms with Crippen molar-refractivity contribution in [3.8, 4) is 5.75 Å². The third-order valence-corrected chi connectivity index (χ3v) is 3.06. The molecule has 0 unspecified atom stereocenters. The normalized spacial score (nSPS) is 10.2. The maximum Gasteiger partial charge on any atom is 0.119 e. The molecule has 20 heavy (non-hydrogen) atoms. The lowest BCUT2D eigenvalue weighted by Crippen LogP contribution is -2.21. The average molecular weight is 269 g/mol. The summed E-state index contributed by atoms with van der Waals surface area (Å²) in [6.45, 7) is 0.636. The van der Waals surface area contributed by atoms with E-state index < -0.39 is 5.97 Å². The molecule has 0 saturated heterocycles. The molecule has 0 aliphatic heterocycles. The summed E-state index contributed by atoms with van der Waals surface area (Å²) in [6.07, 6.45) is 3.09. The highest BCUT2D eigenvalue weighted by Gasteiger charge is 1.97. The smallest absolute Gasteiger partial charge is 0.119 e. The lowest BCUT2D eigenvalue weighted by Gasteiger charge is -2.07. The van der Waals surface area contributed by atoms with Crippen LogP contribution >= 0.6 is 0 Å². The fourth-order valence-electron chi connectivity index (χ4n) is 1.95. The lowest BCUT2D eigenvalue weighted by molar-refractivity contribution is -0.255. The van der Waals surface area contributed by atoms with Gasteiger partial charge in [0.2, 0.25) is 0 Å². The number of benzene rings is 2. The summed E-state index contributed by atoms with van der Waals surface area (Å²) in [5.41, 5.74) is 1.51. The standard InChI is InChI=1S/C17H18O3/c18-17(19)15-9-11-16(12-10-15)20-13-5-4-8-14-6-2-1-3-7-14/h1-3,6-7,9-12H,4-5,8,13H2,(H,18,19)/p-1. The maximum atomic E-state index is 10.6. The number of hydrogen-bond acceptors (Lipinski definition) is 3. The third-order valence-electron chi connectivity index (χ3n) is 3.06. The van der Waals surface area contributed by atoms with Crippen LogP contribution in [0.15, 0.2) is 54.6 Å². The van der Waals surface area contributed by atoms with Crippen molar-refractivity contribution in [1.29, 1.82) is 0 Å². The summed E-state index contributed by atoms with van der Waals surface area (Å²) < 4.78 is 5.57. The number of carboxylic acid groups (broad SMARTS) is 1. The van der Waals surface area contributed by atoms with Gasteiger partial charge in [-0.05, 0) is 54.7 Å². The molecule has 0 fully saturated rings. The van der Waals surface area contributed by atoms with Crippen LogP contribution in [0.5, 0.6) is 5.75 Å². The Labute approximate surface area is 118 Å². The van der Waals surface area contributed by atoms with Gasteiger partial charge in [0, 0.05) is 0 Å². The minimum Gasteiger partial charge on any atom is -0.545 e. The fourth-order valence-corrected chi connectivity index (χ4v) is 1.95. The Balaban J connectivity index is 1.67. The van der Waals surface area contributed by atoms with E-state index in [0.717, 1.165) is 19.3 Å². The average Bonchev–Trinajstić information content (AvgIpc) is 2.48. The predicted octanol–water partition coefficient (Wildman–Crippen LogP) is 2.45. The number of hydrogen-bond donors (Lipinski definition) is 0. The van der Waals surface area contributed by atoms with E-state index in [1.165, 1.54) is 17.7 Å². The van der Waals surface area contributed by atoms with Gasteiger partial charge in [0.25, 0.3) is 0 Å². The number of ether oxygens (including phenoxy) is 1. The Bertz CT molecular complexity index is 532. The van der Waals surface area contributed by atoms with Gasteiger partial charge in [0.1, 0.15) is 5.75 Å². The summed E-state index contributed by atoms with van der Waals surface area (Å²) in [7, 11) is 0. The summed E-state index contributed by atoms with van der Waals surface area (Å²) in [6, 6.07) is 16.7. The van der Waals surface area contributed by atoms with Gasteiger partial charge in [-0.2, -0.15) is 0 Å². The highest BCUT2D eigenvalue weighted by Crippen LogP contribution is 2.12. The lowest BCUT2D eigenvalue weighted by atomic mass is 10.1. The van der Waals surface area contributed by atoms with Crippen molar-refractivity contribution in [3.63, 3.8) is 0 Å². The molecule has 0 spiro atoms. The zero-order valence-electron chi connectivity index (χ0n) is 11.2. The maximum absolute atomic E-state index is 10.6. The first-order valence-corrected chi connectivity index (χ1v) is 6.74. The predicted molar refractivity (Wildman–Crippen MR) is 75.6 cm³/mol. The summed E-state index contributed by atoms with van der Waals surface area (Å²) >= 11 is 0. The number of unbranched alkanes of at least 4 members (excludes halogenated alkanes) is 1. The number of carbonyl (C=O) groups excluding carboxylic acids is 1. The van der Waals surface area contributed by atoms with Crippen LogP contribution in [0.3, 0.4) is 0 Å². The van der Waals surface area contributed by atoms with Crippen LogP contribution in [0.1, 0.15) is 28.8 Å². The zero-order chi connectivity index (χ0) is 14.2. The first-order chi connectivity index (χ1) is 9.75. The van der Waals surface area contributed by atoms with E-state index in [0.29, 0.717) is 12.4 Å². The van der Waals surface area contributed by atoms with Gasteiger partial charge < -0.3 is 14.6 Å². The Morgan fingerprint density at radius 1 is 0.950 bits per heavy atom. The van der Waals surface area contributed by atoms with Crippen LogP contribution in [0.2, 0.25) is 0 Å². The van der Waals surface area contributed by atoms with E-state index in [9.17, 15) is 9.90 Å². The summed E-state index contributed by atoms with van der Waals surface area (Å²) in [4.78, 5) is 10.6. The van der Waals surface area contributed by atoms with Crippen LogP contribution in [0, 0.1) is 0 Å². The number of aryl methyl sites for hydroxylation is 1. The van der Waals surface area contributed by atoms with Crippen LogP contribution in [0.25, 0.3) is 0 Å². The molecule has 0 aliphatic carbocycles. The highest BCUT2D eigenvalue weighted by molar-refractivity contribution is 5.85. The van der Waals surface area contributed by atoms with Crippen molar-refractivity contribution in [1.82, 2.24) is 0 Å². The molecular formula is C17H17O3-. The second kappa shape index (κ2) is 7.34. The zero-order valence-corrected chi connectivity index (χ0v) is 11.2. The monoisotopic (exact) mass is 269 g/mol. The minimum absolute atomic E-state index is 0.168. The van der Waals surface area contributed by atoms with Gasteiger partial charge in [0.15, 0.2) is 0 Å². The Morgan fingerprint density at radius 2 is 1.65 bits per heavy atom. The number of carbonyl (C=O) groups is 1. The molecule has 2 aromatic carbocycles. The van der Waals surface area contributed by atoms with Gasteiger partial charge >= 0.3 is 0 Å². The van der Waals surface area contributed by atoms with Crippen molar-refractivity contribution >= 4 is 5.97 Å². The van der Waals surface area contributed by atoms with Crippen molar-refractivity contribution in [2.45, 2.75) is 19.3 Å². The third kappa shape index (κ3) is 4.43. The first kappa shape index (κ1) is 14.1. The molecule has 0 heterocycles. The van der Waals surface area contributed by atoms with E-state index >= 15 is 0 Å². The van der Waals surface area contributed by atoms with E-state index in [4.69, 9.17) is 4.74 Å². The number of rotatable bonds is 7. The van der Waals surface area contributed by atoms with Crippen LogP contribution in [0.4, 0.5) is 0 Å². The molecular weight excluding hydrogens is 252 g/mol. The molecule has 2 rings (SSSR count). The van der Waals surface area contributed by atoms with Crippen molar-refractivity contribution in [2.75, 3.05) is 6.61 Å². The van der Waals surface area contributed by atoms with E-state index in [1.807, 2.05) is 18.2 Å². The molecule has 0 radical (unpaired) electrons. The SMILES string of the molecule is O=C([O-])c1ccc(OCCCCc2ccccc2)cc1. The Hall–Kier alpha value is -2.29. The Kier molecular flexibility index (Phi) is 5.18. The summed E-state index contributed by atoms with van der Waals surface area (Å²) in [5, 5.41) is 10.6. The molecule has 0 aliphatic rings.